The fraction of sp³-hybridized carbons (Fsp3) is 0.458. The number of benzene rings is 1. The summed E-state index contributed by atoms with van der Waals surface area (Å²) >= 11 is 0. The number of carbonyl (C=O) groups is 2. The molecule has 34 heavy (non-hydrogen) atoms. The zero-order chi connectivity index (χ0) is 24.3. The van der Waals surface area contributed by atoms with E-state index in [1.165, 1.54) is 12.1 Å². The van der Waals surface area contributed by atoms with Gasteiger partial charge in [-0.05, 0) is 55.4 Å². The van der Waals surface area contributed by atoms with Crippen LogP contribution in [-0.4, -0.2) is 53.4 Å². The molecule has 1 aromatic heterocycles. The summed E-state index contributed by atoms with van der Waals surface area (Å²) < 4.78 is 39.2. The zero-order valence-electron chi connectivity index (χ0n) is 18.6. The summed E-state index contributed by atoms with van der Waals surface area (Å²) in [5, 5.41) is 5.12. The van der Waals surface area contributed by atoms with Crippen molar-refractivity contribution in [3.8, 4) is 0 Å². The lowest BCUT2D eigenvalue weighted by Crippen LogP contribution is -2.63. The second-order valence-electron chi connectivity index (χ2n) is 8.95. The molecular formula is C24H28F3N5O2. The van der Waals surface area contributed by atoms with Crippen molar-refractivity contribution in [2.75, 3.05) is 25.4 Å². The van der Waals surface area contributed by atoms with Crippen LogP contribution < -0.4 is 16.4 Å². The summed E-state index contributed by atoms with van der Waals surface area (Å²) in [7, 11) is 0. The number of nitrogens with zero attached hydrogens (tertiary/aromatic N) is 2. The van der Waals surface area contributed by atoms with Crippen LogP contribution in [0, 0.1) is 0 Å². The van der Waals surface area contributed by atoms with Gasteiger partial charge >= 0.3 is 6.18 Å². The second-order valence-corrected chi connectivity index (χ2v) is 8.95. The Morgan fingerprint density at radius 1 is 1.09 bits per heavy atom. The van der Waals surface area contributed by atoms with Gasteiger partial charge in [0.15, 0.2) is 0 Å². The first-order chi connectivity index (χ1) is 16.2. The maximum absolute atomic E-state index is 13.1. The van der Waals surface area contributed by atoms with Gasteiger partial charge in [0.1, 0.15) is 0 Å². The average Bonchev–Trinajstić information content (AvgIpc) is 2.79. The predicted molar refractivity (Wildman–Crippen MR) is 121 cm³/mol. The molecule has 0 bridgehead atoms. The molecule has 0 atom stereocenters. The van der Waals surface area contributed by atoms with Crippen molar-refractivity contribution in [1.29, 1.82) is 0 Å². The Hall–Kier alpha value is -3.14. The maximum atomic E-state index is 13.1. The van der Waals surface area contributed by atoms with Crippen LogP contribution in [0.2, 0.25) is 0 Å². The molecule has 2 aromatic rings. The number of nitrogens with two attached hydrogens (primary N) is 1. The van der Waals surface area contributed by atoms with Gasteiger partial charge in [-0.1, -0.05) is 12.1 Å². The topological polar surface area (TPSA) is 100 Å². The highest BCUT2D eigenvalue weighted by molar-refractivity contribution is 5.97. The number of hydrogen-bond donors (Lipinski definition) is 3. The van der Waals surface area contributed by atoms with Crippen LogP contribution in [0.25, 0.3) is 0 Å². The van der Waals surface area contributed by atoms with E-state index in [2.05, 4.69) is 20.5 Å². The molecule has 2 fully saturated rings. The van der Waals surface area contributed by atoms with Crippen LogP contribution in [0.5, 0.6) is 0 Å². The quantitative estimate of drug-likeness (QED) is 0.597. The fourth-order valence-corrected chi connectivity index (χ4v) is 4.88. The first-order valence-corrected chi connectivity index (χ1v) is 11.4. The molecular weight excluding hydrogens is 447 g/mol. The third-order valence-corrected chi connectivity index (χ3v) is 6.70. The zero-order valence-corrected chi connectivity index (χ0v) is 18.6. The predicted octanol–water partition coefficient (Wildman–Crippen LogP) is 2.94. The molecule has 0 radical (unpaired) electrons. The molecule has 4 N–H and O–H groups in total. The average molecular weight is 476 g/mol. The number of halogens is 3. The number of alkyl halides is 3. The largest absolute Gasteiger partial charge is 0.417 e. The van der Waals surface area contributed by atoms with Crippen LogP contribution in [-0.2, 0) is 11.0 Å². The molecule has 1 aromatic carbocycles. The molecule has 2 aliphatic rings. The molecule has 2 amide bonds. The van der Waals surface area contributed by atoms with Gasteiger partial charge in [0.05, 0.1) is 23.7 Å². The van der Waals surface area contributed by atoms with Crippen molar-refractivity contribution in [3.05, 3.63) is 59.4 Å². The molecule has 0 unspecified atom stereocenters. The normalized spacial score (nSPS) is 21.5. The van der Waals surface area contributed by atoms with Gasteiger partial charge in [0.2, 0.25) is 5.91 Å². The minimum atomic E-state index is -4.64. The van der Waals surface area contributed by atoms with Crippen molar-refractivity contribution in [3.63, 3.8) is 0 Å². The highest BCUT2D eigenvalue weighted by atomic mass is 19.4. The van der Waals surface area contributed by atoms with E-state index in [0.717, 1.165) is 62.2 Å². The number of nitrogen functional groups attached to an aromatic ring is 1. The Morgan fingerprint density at radius 3 is 2.47 bits per heavy atom. The van der Waals surface area contributed by atoms with Gasteiger partial charge in [0, 0.05) is 37.2 Å². The lowest BCUT2D eigenvalue weighted by Gasteiger charge is -2.46. The molecule has 4 rings (SSSR count). The molecule has 2 heterocycles. The summed E-state index contributed by atoms with van der Waals surface area (Å²) in [5.41, 5.74) is 6.47. The SMILES string of the molecule is Nc1ccncc1C1CCC(N2CC(NC(=O)CNC(=O)c3ccccc3C(F)(F)F)C2)CC1. The van der Waals surface area contributed by atoms with Crippen LogP contribution in [0.3, 0.4) is 0 Å². The van der Waals surface area contributed by atoms with E-state index in [4.69, 9.17) is 5.73 Å². The Balaban J connectivity index is 1.18. The molecule has 10 heteroatoms. The van der Waals surface area contributed by atoms with E-state index in [1.807, 2.05) is 12.3 Å². The van der Waals surface area contributed by atoms with E-state index in [1.54, 1.807) is 6.20 Å². The van der Waals surface area contributed by atoms with E-state index in [9.17, 15) is 22.8 Å². The Kier molecular flexibility index (Phi) is 7.06. The van der Waals surface area contributed by atoms with Crippen LogP contribution in [0.1, 0.15) is 53.1 Å². The van der Waals surface area contributed by atoms with Gasteiger partial charge in [-0.15, -0.1) is 0 Å². The first-order valence-electron chi connectivity index (χ1n) is 11.4. The third kappa shape index (κ3) is 5.49. The van der Waals surface area contributed by atoms with Crippen molar-refractivity contribution in [2.45, 2.75) is 49.9 Å². The van der Waals surface area contributed by atoms with E-state index < -0.39 is 29.1 Å². The molecule has 1 saturated carbocycles. The van der Waals surface area contributed by atoms with Crippen LogP contribution in [0.4, 0.5) is 18.9 Å². The summed E-state index contributed by atoms with van der Waals surface area (Å²) in [6, 6.07) is 6.78. The van der Waals surface area contributed by atoms with E-state index >= 15 is 0 Å². The van der Waals surface area contributed by atoms with Gasteiger partial charge in [-0.2, -0.15) is 13.2 Å². The number of rotatable bonds is 6. The second kappa shape index (κ2) is 10.0. The van der Waals surface area contributed by atoms with Gasteiger partial charge in [-0.3, -0.25) is 19.5 Å². The molecule has 1 aliphatic heterocycles. The van der Waals surface area contributed by atoms with Crippen molar-refractivity contribution in [2.24, 2.45) is 0 Å². The Morgan fingerprint density at radius 2 is 1.79 bits per heavy atom. The number of hydrogen-bond acceptors (Lipinski definition) is 5. The smallest absolute Gasteiger partial charge is 0.398 e. The lowest BCUT2D eigenvalue weighted by atomic mass is 9.80. The highest BCUT2D eigenvalue weighted by Crippen LogP contribution is 2.37. The number of likely N-dealkylation sites (tertiary alicyclic amines) is 1. The number of aromatic nitrogens is 1. The van der Waals surface area contributed by atoms with E-state index in [-0.39, 0.29) is 12.6 Å². The first kappa shape index (κ1) is 24.0. The number of pyridine rings is 1. The van der Waals surface area contributed by atoms with Gasteiger partial charge in [-0.25, -0.2) is 0 Å². The van der Waals surface area contributed by atoms with Crippen molar-refractivity contribution in [1.82, 2.24) is 20.5 Å². The number of anilines is 1. The molecule has 1 aliphatic carbocycles. The summed E-state index contributed by atoms with van der Waals surface area (Å²) in [6.45, 7) is 1.07. The summed E-state index contributed by atoms with van der Waals surface area (Å²) in [6.07, 6.45) is 3.10. The van der Waals surface area contributed by atoms with Crippen molar-refractivity contribution < 1.29 is 22.8 Å². The van der Waals surface area contributed by atoms with Crippen LogP contribution in [0.15, 0.2) is 42.7 Å². The Labute approximate surface area is 195 Å². The fourth-order valence-electron chi connectivity index (χ4n) is 4.88. The molecule has 1 saturated heterocycles. The van der Waals surface area contributed by atoms with Gasteiger partial charge in [0.25, 0.3) is 5.91 Å². The van der Waals surface area contributed by atoms with Gasteiger partial charge < -0.3 is 16.4 Å². The Bertz CT molecular complexity index is 1030. The summed E-state index contributed by atoms with van der Waals surface area (Å²) in [4.78, 5) is 30.9. The lowest BCUT2D eigenvalue weighted by molar-refractivity contribution is -0.137. The minimum Gasteiger partial charge on any atom is -0.398 e. The number of nitrogens with one attached hydrogen (secondary N) is 2. The minimum absolute atomic E-state index is 0.0291. The van der Waals surface area contributed by atoms with Crippen molar-refractivity contribution >= 4 is 17.5 Å². The number of amides is 2. The number of carbonyl (C=O) groups excluding carboxylic acids is 2. The van der Waals surface area contributed by atoms with E-state index in [0.29, 0.717) is 12.0 Å². The highest BCUT2D eigenvalue weighted by Gasteiger charge is 2.36. The molecule has 7 nitrogen and oxygen atoms in total. The maximum Gasteiger partial charge on any atom is 0.417 e. The molecule has 0 spiro atoms. The third-order valence-electron chi connectivity index (χ3n) is 6.70. The van der Waals surface area contributed by atoms with Crippen LogP contribution >= 0.6 is 0 Å². The standard InChI is InChI=1S/C24H28F3N5O2/c25-24(26,27)20-4-2-1-3-18(20)23(34)30-12-22(33)31-16-13-32(14-16)17-7-5-15(6-8-17)19-11-29-10-9-21(19)28/h1-4,9-11,15-17H,5-8,12-14H2,(H2,28,29)(H,30,34)(H,31,33). The molecule has 182 valence electrons. The monoisotopic (exact) mass is 475 g/mol. The summed E-state index contributed by atoms with van der Waals surface area (Å²) in [5.74, 6) is -0.921.